The number of pyridine rings is 2. The first-order valence-corrected chi connectivity index (χ1v) is 13.9. The molecule has 3 aromatic heterocycles. The van der Waals surface area contributed by atoms with Gasteiger partial charge in [0.1, 0.15) is 11.3 Å². The molecular formula is C37H28N3O2Pt-. The molecule has 43 heavy (non-hydrogen) atoms. The zero-order valence-corrected chi connectivity index (χ0v) is 26.2. The quantitative estimate of drug-likeness (QED) is 0.182. The van der Waals surface area contributed by atoms with Crippen LogP contribution < -0.4 is 0 Å². The van der Waals surface area contributed by atoms with E-state index in [1.807, 2.05) is 54.7 Å². The molecule has 7 rings (SSSR count). The summed E-state index contributed by atoms with van der Waals surface area (Å²) in [5.41, 5.74) is 9.47. The van der Waals surface area contributed by atoms with Crippen molar-refractivity contribution in [2.45, 2.75) is 26.2 Å². The number of hydrogen-bond acceptors (Lipinski definition) is 5. The Morgan fingerprint density at radius 3 is 2.21 bits per heavy atom. The molecular weight excluding hydrogens is 714 g/mol. The fourth-order valence-corrected chi connectivity index (χ4v) is 5.31. The molecule has 4 aromatic carbocycles. The Balaban J connectivity index is 0.00000329. The SMILES string of the molecule is CC(C)(C)c1cc(-c2[c-]c(-c3cccc4oc(-c5ccccc5O)nc34)cc(-c3ccccn3)c2)c2ncccc2c1.[Pt]. The van der Waals surface area contributed by atoms with Gasteiger partial charge in [0, 0.05) is 39.0 Å². The minimum atomic E-state index is -0.0497. The van der Waals surface area contributed by atoms with Gasteiger partial charge in [-0.15, -0.1) is 29.3 Å². The van der Waals surface area contributed by atoms with Crippen molar-refractivity contribution in [2.75, 3.05) is 0 Å². The van der Waals surface area contributed by atoms with Crippen molar-refractivity contribution in [1.29, 1.82) is 0 Å². The van der Waals surface area contributed by atoms with E-state index in [2.05, 4.69) is 62.2 Å². The molecule has 0 saturated heterocycles. The second-order valence-electron chi connectivity index (χ2n) is 11.4. The van der Waals surface area contributed by atoms with Crippen LogP contribution in [-0.4, -0.2) is 20.1 Å². The van der Waals surface area contributed by atoms with E-state index in [1.54, 1.807) is 24.4 Å². The Hall–Kier alpha value is -4.60. The minimum absolute atomic E-state index is 0. The summed E-state index contributed by atoms with van der Waals surface area (Å²) >= 11 is 0. The summed E-state index contributed by atoms with van der Waals surface area (Å²) in [6.45, 7) is 6.67. The Morgan fingerprint density at radius 1 is 0.698 bits per heavy atom. The largest absolute Gasteiger partial charge is 0.507 e. The zero-order chi connectivity index (χ0) is 28.8. The molecule has 5 nitrogen and oxygen atoms in total. The molecule has 0 unspecified atom stereocenters. The van der Waals surface area contributed by atoms with E-state index in [0.717, 1.165) is 44.4 Å². The van der Waals surface area contributed by atoms with E-state index in [1.165, 1.54) is 5.56 Å². The zero-order valence-electron chi connectivity index (χ0n) is 23.9. The molecule has 3 heterocycles. The first-order chi connectivity index (χ1) is 20.3. The van der Waals surface area contributed by atoms with E-state index >= 15 is 0 Å². The summed E-state index contributed by atoms with van der Waals surface area (Å²) in [7, 11) is 0. The van der Waals surface area contributed by atoms with Crippen molar-refractivity contribution < 1.29 is 30.6 Å². The van der Waals surface area contributed by atoms with Crippen molar-refractivity contribution >= 4 is 22.0 Å². The van der Waals surface area contributed by atoms with Crippen LogP contribution >= 0.6 is 0 Å². The number of para-hydroxylation sites is 2. The molecule has 0 atom stereocenters. The summed E-state index contributed by atoms with van der Waals surface area (Å²) in [5.74, 6) is 0.486. The molecule has 0 radical (unpaired) electrons. The number of aromatic nitrogens is 3. The molecule has 214 valence electrons. The number of phenolic OH excluding ortho intramolecular Hbond substituents is 1. The minimum Gasteiger partial charge on any atom is -0.507 e. The molecule has 0 amide bonds. The third-order valence-corrected chi connectivity index (χ3v) is 7.53. The van der Waals surface area contributed by atoms with Gasteiger partial charge >= 0.3 is 0 Å². The van der Waals surface area contributed by atoms with Crippen LogP contribution in [0.5, 0.6) is 5.75 Å². The number of nitrogens with zero attached hydrogens (tertiary/aromatic N) is 3. The van der Waals surface area contributed by atoms with Gasteiger partial charge in [-0.25, -0.2) is 4.98 Å². The molecule has 0 aliphatic heterocycles. The van der Waals surface area contributed by atoms with E-state index in [9.17, 15) is 5.11 Å². The average Bonchev–Trinajstić information content (AvgIpc) is 3.45. The third-order valence-electron chi connectivity index (χ3n) is 7.53. The summed E-state index contributed by atoms with van der Waals surface area (Å²) in [4.78, 5) is 14.3. The number of hydrogen-bond donors (Lipinski definition) is 1. The van der Waals surface area contributed by atoms with Crippen LogP contribution in [0, 0.1) is 6.07 Å². The number of phenols is 1. The van der Waals surface area contributed by atoms with Gasteiger partial charge in [0.2, 0.25) is 5.89 Å². The standard InChI is InChI=1S/C37H28N3O2.Pt/c1-37(2,3)27-21-23-10-9-17-39-34(23)30(22-27)25-18-24(19-26(20-25)31-13-6-7-16-38-31)28-12-8-15-33-35(28)40-36(42-33)29-11-4-5-14-32(29)41;/h4-17,19-22,41H,1-3H3;/q-1;. The first kappa shape index (κ1) is 28.5. The van der Waals surface area contributed by atoms with Gasteiger partial charge in [0.25, 0.3) is 0 Å². The van der Waals surface area contributed by atoms with Crippen LogP contribution in [0.1, 0.15) is 26.3 Å². The maximum Gasteiger partial charge on any atom is 0.230 e. The Kier molecular flexibility index (Phi) is 7.45. The van der Waals surface area contributed by atoms with Gasteiger partial charge in [-0.3, -0.25) is 9.97 Å². The Bertz CT molecular complexity index is 2100. The van der Waals surface area contributed by atoms with E-state index < -0.39 is 0 Å². The average molecular weight is 742 g/mol. The molecule has 1 N–H and O–H groups in total. The number of aromatic hydroxyl groups is 1. The molecule has 0 fully saturated rings. The van der Waals surface area contributed by atoms with Gasteiger partial charge in [-0.2, -0.15) is 0 Å². The fraction of sp³-hybridized carbons (Fsp3) is 0.108. The normalized spacial score (nSPS) is 11.5. The smallest absolute Gasteiger partial charge is 0.230 e. The van der Waals surface area contributed by atoms with Crippen LogP contribution in [-0.2, 0) is 26.5 Å². The van der Waals surface area contributed by atoms with E-state index in [0.29, 0.717) is 22.6 Å². The molecule has 0 aliphatic carbocycles. The molecule has 0 aliphatic rings. The van der Waals surface area contributed by atoms with E-state index in [-0.39, 0.29) is 32.2 Å². The summed E-state index contributed by atoms with van der Waals surface area (Å²) in [6, 6.07) is 35.4. The van der Waals surface area contributed by atoms with E-state index in [4.69, 9.17) is 14.4 Å². The fourth-order valence-electron chi connectivity index (χ4n) is 5.31. The topological polar surface area (TPSA) is 72.0 Å². The molecule has 7 aromatic rings. The number of oxazole rings is 1. The van der Waals surface area contributed by atoms with Gasteiger partial charge in [-0.1, -0.05) is 86.0 Å². The predicted molar refractivity (Wildman–Crippen MR) is 168 cm³/mol. The Labute approximate surface area is 264 Å². The van der Waals surface area contributed by atoms with Crippen LogP contribution in [0.4, 0.5) is 0 Å². The molecule has 0 bridgehead atoms. The number of benzene rings is 4. The second-order valence-corrected chi connectivity index (χ2v) is 11.4. The van der Waals surface area contributed by atoms with Crippen LogP contribution in [0.15, 0.2) is 114 Å². The molecule has 0 saturated carbocycles. The van der Waals surface area contributed by atoms with Crippen molar-refractivity contribution in [1.82, 2.24) is 15.0 Å². The van der Waals surface area contributed by atoms with Crippen LogP contribution in [0.2, 0.25) is 0 Å². The van der Waals surface area contributed by atoms with Gasteiger partial charge in [0.15, 0.2) is 0 Å². The van der Waals surface area contributed by atoms with Crippen LogP contribution in [0.25, 0.3) is 67.0 Å². The monoisotopic (exact) mass is 741 g/mol. The van der Waals surface area contributed by atoms with Crippen molar-refractivity contribution in [3.63, 3.8) is 0 Å². The van der Waals surface area contributed by atoms with Crippen molar-refractivity contribution in [3.8, 4) is 50.7 Å². The number of fused-ring (bicyclic) bond motifs is 2. The maximum absolute atomic E-state index is 10.4. The maximum atomic E-state index is 10.4. The van der Waals surface area contributed by atoms with Gasteiger partial charge in [-0.05, 0) is 52.8 Å². The molecule has 0 spiro atoms. The summed E-state index contributed by atoms with van der Waals surface area (Å²) in [5, 5.41) is 11.5. The van der Waals surface area contributed by atoms with Gasteiger partial charge < -0.3 is 9.52 Å². The number of rotatable bonds is 4. The predicted octanol–water partition coefficient (Wildman–Crippen LogP) is 9.24. The summed E-state index contributed by atoms with van der Waals surface area (Å²) in [6.07, 6.45) is 3.64. The van der Waals surface area contributed by atoms with Crippen molar-refractivity contribution in [3.05, 3.63) is 121 Å². The summed E-state index contributed by atoms with van der Waals surface area (Å²) < 4.78 is 6.13. The second kappa shape index (κ2) is 11.2. The third kappa shape index (κ3) is 5.37. The molecule has 6 heteroatoms. The Morgan fingerprint density at radius 2 is 1.44 bits per heavy atom. The van der Waals surface area contributed by atoms with Crippen molar-refractivity contribution in [2.24, 2.45) is 0 Å². The van der Waals surface area contributed by atoms with Gasteiger partial charge in [0.05, 0.1) is 16.8 Å². The first-order valence-electron chi connectivity index (χ1n) is 13.9. The van der Waals surface area contributed by atoms with Crippen LogP contribution in [0.3, 0.4) is 0 Å².